The van der Waals surface area contributed by atoms with Gasteiger partial charge in [-0.05, 0) is 47.9 Å². The van der Waals surface area contributed by atoms with Gasteiger partial charge in [0.25, 0.3) is 0 Å². The number of phenols is 2. The highest BCUT2D eigenvalue weighted by Crippen LogP contribution is 2.27. The number of aromatic hydroxyl groups is 2. The van der Waals surface area contributed by atoms with Crippen molar-refractivity contribution in [2.75, 3.05) is 7.11 Å². The van der Waals surface area contributed by atoms with E-state index in [9.17, 15) is 19.8 Å². The van der Waals surface area contributed by atoms with E-state index in [-0.39, 0.29) is 29.2 Å². The average molecular weight is 357 g/mol. The Hall–Kier alpha value is -3.32. The second-order valence-corrected chi connectivity index (χ2v) is 5.62. The van der Waals surface area contributed by atoms with Crippen LogP contribution in [0.2, 0.25) is 0 Å². The Kier molecular flexibility index (Phi) is 5.98. The smallest absolute Gasteiger partial charge is 0.320 e. The molecule has 0 aliphatic carbocycles. The van der Waals surface area contributed by atoms with Crippen LogP contribution in [0.15, 0.2) is 42.5 Å². The molecule has 0 aliphatic heterocycles. The molecule has 2 rings (SSSR count). The largest absolute Gasteiger partial charge is 0.508 e. The molecule has 2 aromatic carbocycles. The van der Waals surface area contributed by atoms with E-state index in [1.54, 1.807) is 12.1 Å². The van der Waals surface area contributed by atoms with Crippen molar-refractivity contribution in [1.29, 1.82) is 0 Å². The average Bonchev–Trinajstić information content (AvgIpc) is 2.62. The third kappa shape index (κ3) is 4.61. The van der Waals surface area contributed by atoms with E-state index in [4.69, 9.17) is 15.6 Å². The summed E-state index contributed by atoms with van der Waals surface area (Å²) < 4.78 is 5.01. The third-order valence-electron chi connectivity index (χ3n) is 3.75. The summed E-state index contributed by atoms with van der Waals surface area (Å²) in [5.41, 5.74) is 6.76. The summed E-state index contributed by atoms with van der Waals surface area (Å²) in [6.07, 6.45) is 2.77. The Morgan fingerprint density at radius 2 is 1.92 bits per heavy atom. The van der Waals surface area contributed by atoms with Gasteiger partial charge in [-0.15, -0.1) is 0 Å². The maximum Gasteiger partial charge on any atom is 0.320 e. The first-order valence-electron chi connectivity index (χ1n) is 7.71. The molecule has 0 aromatic heterocycles. The van der Waals surface area contributed by atoms with Crippen molar-refractivity contribution in [1.82, 2.24) is 0 Å². The second kappa shape index (κ2) is 8.17. The highest BCUT2D eigenvalue weighted by atomic mass is 16.5. The van der Waals surface area contributed by atoms with E-state index in [0.717, 1.165) is 0 Å². The molecule has 0 heterocycles. The number of carbonyl (C=O) groups excluding carboxylic acids is 1. The van der Waals surface area contributed by atoms with Crippen LogP contribution in [0, 0.1) is 0 Å². The topological polar surface area (TPSA) is 130 Å². The van der Waals surface area contributed by atoms with Crippen LogP contribution < -0.4 is 10.5 Å². The molecular weight excluding hydrogens is 338 g/mol. The predicted molar refractivity (Wildman–Crippen MR) is 95.4 cm³/mol. The third-order valence-corrected chi connectivity index (χ3v) is 3.75. The first-order valence-corrected chi connectivity index (χ1v) is 7.71. The molecule has 26 heavy (non-hydrogen) atoms. The monoisotopic (exact) mass is 357 g/mol. The van der Waals surface area contributed by atoms with E-state index >= 15 is 0 Å². The SMILES string of the molecule is COc1cc(/C=C/C(=O)c2cc(O)ccc2CC(N)C(=O)O)ccc1O. The predicted octanol–water partition coefficient (Wildman–Crippen LogP) is 1.96. The van der Waals surface area contributed by atoms with E-state index in [2.05, 4.69) is 0 Å². The Labute approximate surface area is 150 Å². The van der Waals surface area contributed by atoms with Gasteiger partial charge in [-0.1, -0.05) is 18.2 Å². The lowest BCUT2D eigenvalue weighted by Gasteiger charge is -2.10. The molecule has 0 saturated carbocycles. The van der Waals surface area contributed by atoms with Crippen LogP contribution in [-0.4, -0.2) is 40.2 Å². The molecule has 0 fully saturated rings. The van der Waals surface area contributed by atoms with Crippen LogP contribution >= 0.6 is 0 Å². The number of phenolic OH excluding ortho intramolecular Hbond substituents is 2. The molecule has 0 radical (unpaired) electrons. The lowest BCUT2D eigenvalue weighted by molar-refractivity contribution is -0.138. The van der Waals surface area contributed by atoms with E-state index in [1.807, 2.05) is 0 Å². The van der Waals surface area contributed by atoms with E-state index < -0.39 is 17.8 Å². The molecule has 1 atom stereocenters. The minimum Gasteiger partial charge on any atom is -0.508 e. The van der Waals surface area contributed by atoms with Crippen molar-refractivity contribution in [3.05, 3.63) is 59.2 Å². The molecule has 1 unspecified atom stereocenters. The van der Waals surface area contributed by atoms with E-state index in [1.165, 1.54) is 43.5 Å². The van der Waals surface area contributed by atoms with Gasteiger partial charge in [0.05, 0.1) is 7.11 Å². The Bertz CT molecular complexity index is 859. The minimum absolute atomic E-state index is 0.0195. The maximum absolute atomic E-state index is 12.5. The zero-order valence-corrected chi connectivity index (χ0v) is 14.0. The number of ketones is 1. The van der Waals surface area contributed by atoms with Crippen LogP contribution in [0.25, 0.3) is 6.08 Å². The number of carboxylic acids is 1. The summed E-state index contributed by atoms with van der Waals surface area (Å²) >= 11 is 0. The molecule has 7 nitrogen and oxygen atoms in total. The molecular formula is C19H19NO6. The van der Waals surface area contributed by atoms with Crippen LogP contribution in [0.3, 0.4) is 0 Å². The molecule has 0 spiro atoms. The quantitative estimate of drug-likeness (QED) is 0.440. The first kappa shape index (κ1) is 19.0. The first-order chi connectivity index (χ1) is 12.3. The Morgan fingerprint density at radius 3 is 2.58 bits per heavy atom. The van der Waals surface area contributed by atoms with E-state index in [0.29, 0.717) is 11.1 Å². The summed E-state index contributed by atoms with van der Waals surface area (Å²) in [7, 11) is 1.42. The van der Waals surface area contributed by atoms with Gasteiger partial charge in [-0.2, -0.15) is 0 Å². The number of hydrogen-bond acceptors (Lipinski definition) is 6. The summed E-state index contributed by atoms with van der Waals surface area (Å²) in [5, 5.41) is 28.2. The fourth-order valence-corrected chi connectivity index (χ4v) is 2.36. The van der Waals surface area contributed by atoms with Gasteiger partial charge in [-0.3, -0.25) is 9.59 Å². The second-order valence-electron chi connectivity index (χ2n) is 5.62. The number of nitrogens with two attached hydrogens (primary N) is 1. The fraction of sp³-hybridized carbons (Fsp3) is 0.158. The molecule has 0 amide bonds. The number of ether oxygens (including phenoxy) is 1. The van der Waals surface area contributed by atoms with Crippen molar-refractivity contribution in [3.8, 4) is 17.2 Å². The van der Waals surface area contributed by atoms with Gasteiger partial charge in [0, 0.05) is 5.56 Å². The van der Waals surface area contributed by atoms with Crippen LogP contribution in [-0.2, 0) is 11.2 Å². The van der Waals surface area contributed by atoms with Gasteiger partial charge in [0.15, 0.2) is 17.3 Å². The molecule has 5 N–H and O–H groups in total. The molecule has 0 bridgehead atoms. The lowest BCUT2D eigenvalue weighted by atomic mass is 9.97. The number of rotatable bonds is 7. The summed E-state index contributed by atoms with van der Waals surface area (Å²) in [6.45, 7) is 0. The van der Waals surface area contributed by atoms with Crippen LogP contribution in [0.5, 0.6) is 17.2 Å². The lowest BCUT2D eigenvalue weighted by Crippen LogP contribution is -2.32. The van der Waals surface area contributed by atoms with Gasteiger partial charge >= 0.3 is 5.97 Å². The van der Waals surface area contributed by atoms with Crippen LogP contribution in [0.4, 0.5) is 0 Å². The van der Waals surface area contributed by atoms with Crippen molar-refractivity contribution in [2.24, 2.45) is 5.73 Å². The van der Waals surface area contributed by atoms with Gasteiger partial charge < -0.3 is 25.8 Å². The summed E-state index contributed by atoms with van der Waals surface area (Å²) in [5.74, 6) is -1.46. The normalized spacial score (nSPS) is 12.1. The molecule has 0 saturated heterocycles. The summed E-state index contributed by atoms with van der Waals surface area (Å²) in [6, 6.07) is 7.56. The van der Waals surface area contributed by atoms with Crippen molar-refractivity contribution in [2.45, 2.75) is 12.5 Å². The molecule has 136 valence electrons. The highest BCUT2D eigenvalue weighted by Gasteiger charge is 2.17. The maximum atomic E-state index is 12.5. The molecule has 0 aliphatic rings. The van der Waals surface area contributed by atoms with Crippen molar-refractivity contribution < 1.29 is 29.6 Å². The number of benzene rings is 2. The van der Waals surface area contributed by atoms with Gasteiger partial charge in [0.1, 0.15) is 11.8 Å². The Balaban J connectivity index is 2.28. The number of allylic oxidation sites excluding steroid dienone is 1. The van der Waals surface area contributed by atoms with Crippen molar-refractivity contribution >= 4 is 17.8 Å². The zero-order valence-electron chi connectivity index (χ0n) is 14.0. The highest BCUT2D eigenvalue weighted by molar-refractivity contribution is 6.08. The number of carbonyl (C=O) groups is 2. The fourth-order valence-electron chi connectivity index (χ4n) is 2.36. The van der Waals surface area contributed by atoms with Crippen molar-refractivity contribution in [3.63, 3.8) is 0 Å². The number of aliphatic carboxylic acids is 1. The zero-order chi connectivity index (χ0) is 19.3. The number of hydrogen-bond donors (Lipinski definition) is 4. The standard InChI is InChI=1S/C19H19NO6/c1-26-18-8-11(3-7-17(18)23)2-6-16(22)14-10-13(21)5-4-12(14)9-15(20)19(24)25/h2-8,10,15,21,23H,9,20H2,1H3,(H,24,25)/b6-2+. The van der Waals surface area contributed by atoms with Crippen LogP contribution in [0.1, 0.15) is 21.5 Å². The summed E-state index contributed by atoms with van der Waals surface area (Å²) in [4.78, 5) is 23.4. The molecule has 7 heteroatoms. The minimum atomic E-state index is -1.18. The molecule has 2 aromatic rings. The Morgan fingerprint density at radius 1 is 1.19 bits per heavy atom. The number of methoxy groups -OCH3 is 1. The number of carboxylic acid groups (broad SMARTS) is 1. The van der Waals surface area contributed by atoms with Gasteiger partial charge in [-0.25, -0.2) is 0 Å². The van der Waals surface area contributed by atoms with Gasteiger partial charge in [0.2, 0.25) is 0 Å².